The molecule has 158 valence electrons. The third-order valence-corrected chi connectivity index (χ3v) is 8.95. The van der Waals surface area contributed by atoms with E-state index in [1.165, 1.54) is 35.7 Å². The highest BCUT2D eigenvalue weighted by molar-refractivity contribution is 7.89. The second kappa shape index (κ2) is 7.68. The number of amides is 1. The Hall–Kier alpha value is -2.00. The summed E-state index contributed by atoms with van der Waals surface area (Å²) in [6.07, 6.45) is 5.57. The van der Waals surface area contributed by atoms with Crippen LogP contribution in [0, 0.1) is 34.8 Å². The zero-order chi connectivity index (χ0) is 20.8. The molecule has 8 nitrogen and oxygen atoms in total. The Bertz CT molecular complexity index is 924. The van der Waals surface area contributed by atoms with Gasteiger partial charge in [0.2, 0.25) is 15.9 Å². The van der Waals surface area contributed by atoms with Gasteiger partial charge in [0, 0.05) is 44.7 Å². The molecule has 3 aliphatic rings. The van der Waals surface area contributed by atoms with Crippen LogP contribution < -0.4 is 0 Å². The zero-order valence-electron chi connectivity index (χ0n) is 16.6. The fraction of sp³-hybridized carbons (Fsp3) is 0.650. The maximum atomic E-state index is 13.0. The number of carbonyl (C=O) groups excluding carboxylic acids is 1. The van der Waals surface area contributed by atoms with Crippen LogP contribution in [0.5, 0.6) is 0 Å². The molecular weight excluding hydrogens is 394 g/mol. The minimum absolute atomic E-state index is 0.0338. The smallest absolute Gasteiger partial charge is 0.270 e. The number of fused-ring (bicyclic) bond motifs is 2. The number of nitrogens with zero attached hydrogens (tertiary/aromatic N) is 3. The van der Waals surface area contributed by atoms with Crippen molar-refractivity contribution >= 4 is 21.6 Å². The van der Waals surface area contributed by atoms with Crippen LogP contribution in [0.25, 0.3) is 0 Å². The van der Waals surface area contributed by atoms with Crippen LogP contribution in [0.2, 0.25) is 0 Å². The summed E-state index contributed by atoms with van der Waals surface area (Å²) in [5, 5.41) is 11.0. The van der Waals surface area contributed by atoms with Crippen LogP contribution in [0.15, 0.2) is 23.1 Å². The lowest BCUT2D eigenvalue weighted by Gasteiger charge is -2.35. The van der Waals surface area contributed by atoms with Crippen molar-refractivity contribution in [1.82, 2.24) is 9.21 Å². The lowest BCUT2D eigenvalue weighted by Crippen LogP contribution is -2.50. The lowest BCUT2D eigenvalue weighted by atomic mass is 9.86. The van der Waals surface area contributed by atoms with Gasteiger partial charge >= 0.3 is 0 Å². The standard InChI is InChI=1S/C20H27N3O5S/c1-14-2-5-18(23(25)26)13-19(14)29(27,28)22-8-6-21(7-9-22)20(24)12-17-11-15-3-4-16(17)10-15/h2,5,13,15-17H,3-4,6-12H2,1H3/t15-,16+,17+/m0/s1. The fourth-order valence-corrected chi connectivity index (χ4v) is 6.94. The number of carbonyl (C=O) groups is 1. The van der Waals surface area contributed by atoms with Crippen LogP contribution in [0.4, 0.5) is 5.69 Å². The van der Waals surface area contributed by atoms with Gasteiger partial charge in [-0.2, -0.15) is 4.31 Å². The Kier molecular flexibility index (Phi) is 5.37. The van der Waals surface area contributed by atoms with Gasteiger partial charge in [0.1, 0.15) is 0 Å². The molecule has 29 heavy (non-hydrogen) atoms. The first-order valence-corrected chi connectivity index (χ1v) is 11.7. The quantitative estimate of drug-likeness (QED) is 0.537. The largest absolute Gasteiger partial charge is 0.340 e. The summed E-state index contributed by atoms with van der Waals surface area (Å²) in [6, 6.07) is 3.89. The summed E-state index contributed by atoms with van der Waals surface area (Å²) in [5.74, 6) is 2.13. The first-order chi connectivity index (χ1) is 13.8. The molecule has 0 spiro atoms. The van der Waals surface area contributed by atoms with Crippen LogP contribution >= 0.6 is 0 Å². The van der Waals surface area contributed by atoms with Crippen molar-refractivity contribution in [3.05, 3.63) is 33.9 Å². The fourth-order valence-electron chi connectivity index (χ4n) is 5.28. The number of aryl methyl sites for hydroxylation is 1. The molecule has 0 N–H and O–H groups in total. The number of rotatable bonds is 5. The number of non-ortho nitro benzene ring substituents is 1. The summed E-state index contributed by atoms with van der Waals surface area (Å²) in [4.78, 5) is 24.9. The number of nitro groups is 1. The van der Waals surface area contributed by atoms with E-state index in [0.29, 0.717) is 36.9 Å². The Morgan fingerprint density at radius 1 is 1.17 bits per heavy atom. The molecule has 0 radical (unpaired) electrons. The first kappa shape index (κ1) is 20.3. The number of hydrogen-bond acceptors (Lipinski definition) is 5. The van der Waals surface area contributed by atoms with E-state index < -0.39 is 14.9 Å². The van der Waals surface area contributed by atoms with Gasteiger partial charge in [-0.3, -0.25) is 14.9 Å². The first-order valence-electron chi connectivity index (χ1n) is 10.3. The highest BCUT2D eigenvalue weighted by atomic mass is 32.2. The summed E-state index contributed by atoms with van der Waals surface area (Å²) in [6.45, 7) is 2.80. The summed E-state index contributed by atoms with van der Waals surface area (Å²) >= 11 is 0. The molecule has 2 saturated carbocycles. The van der Waals surface area contributed by atoms with E-state index in [0.717, 1.165) is 18.4 Å². The Morgan fingerprint density at radius 2 is 1.90 bits per heavy atom. The van der Waals surface area contributed by atoms with Crippen molar-refractivity contribution in [2.24, 2.45) is 17.8 Å². The summed E-state index contributed by atoms with van der Waals surface area (Å²) in [5.41, 5.74) is 0.235. The molecule has 1 heterocycles. The summed E-state index contributed by atoms with van der Waals surface area (Å²) < 4.78 is 27.4. The Balaban J connectivity index is 1.39. The molecule has 3 fully saturated rings. The zero-order valence-corrected chi connectivity index (χ0v) is 17.4. The second-order valence-electron chi connectivity index (χ2n) is 8.63. The van der Waals surface area contributed by atoms with Crippen molar-refractivity contribution in [3.8, 4) is 0 Å². The van der Waals surface area contributed by atoms with E-state index in [2.05, 4.69) is 0 Å². The molecule has 4 rings (SSSR count). The molecule has 2 aliphatic carbocycles. The van der Waals surface area contributed by atoms with Gasteiger partial charge in [-0.15, -0.1) is 0 Å². The van der Waals surface area contributed by atoms with E-state index in [4.69, 9.17) is 0 Å². The van der Waals surface area contributed by atoms with Crippen molar-refractivity contribution in [2.75, 3.05) is 26.2 Å². The van der Waals surface area contributed by atoms with E-state index >= 15 is 0 Å². The van der Waals surface area contributed by atoms with Gasteiger partial charge in [0.15, 0.2) is 0 Å². The molecule has 2 bridgehead atoms. The molecule has 1 saturated heterocycles. The SMILES string of the molecule is Cc1ccc([N+](=O)[O-])cc1S(=O)(=O)N1CCN(C(=O)C[C@H]2C[C@H]3CC[C@@H]2C3)CC1. The molecule has 9 heteroatoms. The maximum absolute atomic E-state index is 13.0. The predicted octanol–water partition coefficient (Wildman–Crippen LogP) is 2.56. The topological polar surface area (TPSA) is 101 Å². The molecule has 1 aliphatic heterocycles. The second-order valence-corrected chi connectivity index (χ2v) is 10.5. The third kappa shape index (κ3) is 3.90. The van der Waals surface area contributed by atoms with Crippen molar-refractivity contribution in [2.45, 2.75) is 43.9 Å². The Labute approximate surface area is 171 Å². The Morgan fingerprint density at radius 3 is 2.48 bits per heavy atom. The van der Waals surface area contributed by atoms with Gasteiger partial charge in [0.05, 0.1) is 9.82 Å². The number of benzene rings is 1. The van der Waals surface area contributed by atoms with Crippen LogP contribution in [-0.4, -0.2) is 54.6 Å². The number of sulfonamides is 1. The minimum atomic E-state index is -3.84. The van der Waals surface area contributed by atoms with Gasteiger partial charge in [0.25, 0.3) is 5.69 Å². The van der Waals surface area contributed by atoms with Crippen LogP contribution in [0.1, 0.15) is 37.7 Å². The van der Waals surface area contributed by atoms with Gasteiger partial charge in [-0.25, -0.2) is 8.42 Å². The molecule has 0 unspecified atom stereocenters. The minimum Gasteiger partial charge on any atom is -0.340 e. The third-order valence-electron chi connectivity index (χ3n) is 6.91. The molecule has 3 atom stereocenters. The highest BCUT2D eigenvalue weighted by Gasteiger charge is 2.41. The number of piperazine rings is 1. The van der Waals surface area contributed by atoms with Crippen molar-refractivity contribution < 1.29 is 18.1 Å². The number of hydrogen-bond donors (Lipinski definition) is 0. The van der Waals surface area contributed by atoms with E-state index in [1.54, 1.807) is 11.8 Å². The molecule has 1 amide bonds. The van der Waals surface area contributed by atoms with Gasteiger partial charge < -0.3 is 4.90 Å². The number of nitro benzene ring substituents is 1. The van der Waals surface area contributed by atoms with Crippen molar-refractivity contribution in [1.29, 1.82) is 0 Å². The van der Waals surface area contributed by atoms with Crippen LogP contribution in [-0.2, 0) is 14.8 Å². The van der Waals surface area contributed by atoms with E-state index in [-0.39, 0.29) is 29.6 Å². The van der Waals surface area contributed by atoms with Gasteiger partial charge in [-0.05, 0) is 49.5 Å². The molecule has 1 aromatic carbocycles. The van der Waals surface area contributed by atoms with E-state index in [1.807, 2.05) is 0 Å². The average molecular weight is 422 g/mol. The summed E-state index contributed by atoms with van der Waals surface area (Å²) in [7, 11) is -3.84. The molecular formula is C20H27N3O5S. The molecule has 1 aromatic rings. The predicted molar refractivity (Wildman–Crippen MR) is 107 cm³/mol. The lowest BCUT2D eigenvalue weighted by molar-refractivity contribution is -0.385. The van der Waals surface area contributed by atoms with Crippen LogP contribution in [0.3, 0.4) is 0 Å². The van der Waals surface area contributed by atoms with Crippen molar-refractivity contribution in [3.63, 3.8) is 0 Å². The van der Waals surface area contributed by atoms with Gasteiger partial charge in [-0.1, -0.05) is 12.5 Å². The maximum Gasteiger partial charge on any atom is 0.270 e. The highest BCUT2D eigenvalue weighted by Crippen LogP contribution is 2.49. The average Bonchev–Trinajstić information content (AvgIpc) is 3.31. The molecule has 0 aromatic heterocycles. The van der Waals surface area contributed by atoms with E-state index in [9.17, 15) is 23.3 Å². The normalized spacial score (nSPS) is 27.3. The monoisotopic (exact) mass is 421 g/mol.